The van der Waals surface area contributed by atoms with Crippen LogP contribution in [0.15, 0.2) is 234 Å². The number of benzene rings is 8. The molecule has 8 aromatic carbocycles. The van der Waals surface area contributed by atoms with Gasteiger partial charge in [-0.15, -0.1) is 0 Å². The summed E-state index contributed by atoms with van der Waals surface area (Å²) in [5.74, 6) is 0.257. The van der Waals surface area contributed by atoms with Crippen molar-refractivity contribution in [2.75, 3.05) is 133 Å². The number of halogens is 2. The number of carbonyl (C=O) groups excluding carboxylic acids is 8. The smallest absolute Gasteiger partial charge is 0.279 e. The Bertz CT molecular complexity index is 6720. The molecule has 0 bridgehead atoms. The molecular formula is C94H90ClFN24O12S16. The van der Waals surface area contributed by atoms with E-state index in [2.05, 4.69) is 82.5 Å². The molecule has 12 aliphatic heterocycles. The summed E-state index contributed by atoms with van der Waals surface area (Å²) in [5, 5.41) is 33.1. The minimum absolute atomic E-state index is 0.185. The number of amides is 8. The minimum atomic E-state index is -0.390. The lowest BCUT2D eigenvalue weighted by molar-refractivity contribution is 0.0966. The normalized spacial score (nSPS) is 17.0. The number of hydrogen-bond donors (Lipinski definition) is 8. The van der Waals surface area contributed by atoms with E-state index in [1.807, 2.05) is 69.8 Å². The molecule has 0 aliphatic carbocycles. The summed E-state index contributed by atoms with van der Waals surface area (Å²) in [6.45, 7) is 15.8. The largest absolute Gasteiger partial charge is 0.497 e. The van der Waals surface area contributed by atoms with Crippen molar-refractivity contribution >= 4 is 325 Å². The van der Waals surface area contributed by atoms with Gasteiger partial charge < -0.3 is 40.2 Å². The highest BCUT2D eigenvalue weighted by Crippen LogP contribution is 2.42. The second-order valence-electron chi connectivity index (χ2n) is 31.0. The highest BCUT2D eigenvalue weighted by molar-refractivity contribution is 8.89. The highest BCUT2D eigenvalue weighted by Gasteiger charge is 2.37. The minimum Gasteiger partial charge on any atom is -0.497 e. The Hall–Kier alpha value is -11.8. The Balaban J connectivity index is 0.000000141. The summed E-state index contributed by atoms with van der Waals surface area (Å²) >= 11 is 46.6. The van der Waals surface area contributed by atoms with E-state index in [-0.39, 0.29) is 58.2 Å². The Morgan fingerprint density at radius 3 is 0.885 bits per heavy atom. The van der Waals surface area contributed by atoms with E-state index < -0.39 is 0 Å². The van der Waals surface area contributed by atoms with Gasteiger partial charge in [-0.2, -0.15) is 20.0 Å². The van der Waals surface area contributed by atoms with Crippen molar-refractivity contribution in [2.45, 2.75) is 13.8 Å². The van der Waals surface area contributed by atoms with Gasteiger partial charge in [-0.1, -0.05) is 59.1 Å². The number of rotatable bonds is 12. The molecule has 0 aromatic heterocycles. The lowest BCUT2D eigenvalue weighted by Crippen LogP contribution is -2.44. The molecule has 8 saturated heterocycles. The van der Waals surface area contributed by atoms with Crippen molar-refractivity contribution in [3.8, 4) is 23.0 Å². The number of carbonyl (C=O) groups is 8. The van der Waals surface area contributed by atoms with Crippen LogP contribution >= 0.6 is 196 Å². The summed E-state index contributed by atoms with van der Waals surface area (Å²) in [4.78, 5) is 145. The van der Waals surface area contributed by atoms with Crippen molar-refractivity contribution in [1.82, 2.24) is 81.7 Å². The Labute approximate surface area is 930 Å². The van der Waals surface area contributed by atoms with Crippen molar-refractivity contribution in [2.24, 2.45) is 39.9 Å². The van der Waals surface area contributed by atoms with E-state index in [4.69, 9.17) is 128 Å². The third-order valence-electron chi connectivity index (χ3n) is 21.1. The van der Waals surface area contributed by atoms with Crippen LogP contribution in [0.3, 0.4) is 0 Å². The van der Waals surface area contributed by atoms with E-state index >= 15 is 0 Å². The molecule has 36 nitrogen and oxygen atoms in total. The van der Waals surface area contributed by atoms with Gasteiger partial charge in [-0.05, 0) is 356 Å². The van der Waals surface area contributed by atoms with E-state index in [9.17, 15) is 42.7 Å². The van der Waals surface area contributed by atoms with E-state index in [0.717, 1.165) is 125 Å². The van der Waals surface area contributed by atoms with Crippen LogP contribution in [0, 0.1) is 19.7 Å². The van der Waals surface area contributed by atoms with Gasteiger partial charge in [0.25, 0.3) is 47.3 Å². The highest BCUT2D eigenvalue weighted by atomic mass is 35.5. The number of aliphatic imine (C=N–C) groups is 8. The number of aryl methyl sites for hydroxylation is 2. The van der Waals surface area contributed by atoms with Crippen LogP contribution in [0.2, 0.25) is 5.02 Å². The monoisotopic (exact) mass is 2310 g/mol. The molecule has 20 rings (SSSR count). The molecule has 8 aromatic rings. The molecule has 0 radical (unpaired) electrons. The van der Waals surface area contributed by atoms with Crippen LogP contribution < -0.4 is 61.5 Å². The molecule has 8 fully saturated rings. The van der Waals surface area contributed by atoms with Crippen molar-refractivity contribution < 1.29 is 61.7 Å². The first kappa shape index (κ1) is 113. The Morgan fingerprint density at radius 1 is 0.324 bits per heavy atom. The van der Waals surface area contributed by atoms with Gasteiger partial charge in [-0.25, -0.2) is 4.39 Å². The summed E-state index contributed by atoms with van der Waals surface area (Å²) in [7, 11) is 18.5. The first-order valence-electron chi connectivity index (χ1n) is 44.4. The van der Waals surface area contributed by atoms with E-state index in [1.54, 1.807) is 225 Å². The number of ether oxygens (including phenoxy) is 4. The maximum atomic E-state index is 12.7. The zero-order valence-corrected chi connectivity index (χ0v) is 93.0. The summed E-state index contributed by atoms with van der Waals surface area (Å²) in [5.41, 5.74) is 6.31. The fraction of sp³-hybridized carbons (Fsp3) is 0.234. The molecular weight excluding hydrogens is 2220 g/mol. The fourth-order valence-corrected chi connectivity index (χ4v) is 25.1. The van der Waals surface area contributed by atoms with Gasteiger partial charge in [0, 0.05) is 128 Å². The molecule has 0 unspecified atom stereocenters. The van der Waals surface area contributed by atoms with Crippen molar-refractivity contribution in [3.63, 3.8) is 0 Å². The number of hydrogen-bond acceptors (Lipinski definition) is 32. The average molecular weight is 2320 g/mol. The molecule has 8 amide bonds. The lowest BCUT2D eigenvalue weighted by atomic mass is 10.1. The number of thiocarbonyl (C=S) groups is 8. The van der Waals surface area contributed by atoms with Crippen molar-refractivity contribution in [3.05, 3.63) is 261 Å². The topological polar surface area (TPSA) is 395 Å². The second-order valence-corrected chi connectivity index (χ2v) is 42.8. The van der Waals surface area contributed by atoms with Gasteiger partial charge in [0.1, 0.15) is 28.8 Å². The van der Waals surface area contributed by atoms with Crippen LogP contribution in [0.4, 0.5) is 4.39 Å². The van der Waals surface area contributed by atoms with Crippen molar-refractivity contribution in [1.29, 1.82) is 0 Å². The Kier molecular flexibility index (Phi) is 43.0. The molecule has 148 heavy (non-hydrogen) atoms. The van der Waals surface area contributed by atoms with Crippen LogP contribution in [0.25, 0.3) is 0 Å². The van der Waals surface area contributed by atoms with Gasteiger partial charge in [-0.3, -0.25) is 119 Å². The average Bonchev–Trinajstić information content (AvgIpc) is 1.68. The SMILES string of the molecule is COc1ccc(C(=O)N=C2SSC3=NCCN32)cc1.COc1ccc(C(=O)NC(=S)N2CCNC2=S)cc1.COc1cccc(C(=O)N=C2SSC3=NCCN32)c1.COc1cccc(C(=O)NC(=S)N2CCNC2=S)c1.Cc1cccc(C(=O)N=C2SSC3=NCCN32)c1.Cc1cccc(C(=O)NC(=S)N2CCNC2=S)c1.O=C(N=C1SSC2=NCCN21)c1ccc(Cl)cc1.O=C(NC(=S)N1CCNC1=S)c1ccc(F)cc1. The fourth-order valence-electron chi connectivity index (χ4n) is 13.5. The van der Waals surface area contributed by atoms with E-state index in [0.29, 0.717) is 140 Å². The number of fused-ring (bicyclic) bond motifs is 4. The number of methoxy groups -OCH3 is 4. The van der Waals surface area contributed by atoms with Crippen LogP contribution in [0.5, 0.6) is 23.0 Å². The van der Waals surface area contributed by atoms with Gasteiger partial charge in [0.05, 0.1) is 54.6 Å². The molecule has 12 aliphatic rings. The Morgan fingerprint density at radius 2 is 0.581 bits per heavy atom. The van der Waals surface area contributed by atoms with E-state index in [1.165, 1.54) is 67.4 Å². The van der Waals surface area contributed by atoms with Gasteiger partial charge in [0.2, 0.25) is 0 Å². The van der Waals surface area contributed by atoms with Crippen LogP contribution in [-0.2, 0) is 0 Å². The molecule has 54 heteroatoms. The molecule has 0 atom stereocenters. The summed E-state index contributed by atoms with van der Waals surface area (Å²) in [6, 6.07) is 54.5. The third kappa shape index (κ3) is 32.1. The summed E-state index contributed by atoms with van der Waals surface area (Å²) < 4.78 is 33.0. The van der Waals surface area contributed by atoms with Gasteiger partial charge in [0.15, 0.2) is 82.2 Å². The second kappa shape index (κ2) is 56.2. The molecule has 8 N–H and O–H groups in total. The first-order chi connectivity index (χ1) is 71.4. The quantitative estimate of drug-likeness (QED) is 0.0416. The summed E-state index contributed by atoms with van der Waals surface area (Å²) in [6.07, 6.45) is 0. The predicted molar refractivity (Wildman–Crippen MR) is 625 cm³/mol. The molecule has 0 saturated carbocycles. The lowest BCUT2D eigenvalue weighted by Gasteiger charge is -2.17. The zero-order chi connectivity index (χ0) is 105. The van der Waals surface area contributed by atoms with Crippen LogP contribution in [0.1, 0.15) is 94.0 Å². The maximum absolute atomic E-state index is 12.7. The predicted octanol–water partition coefficient (Wildman–Crippen LogP) is 14.0. The van der Waals surface area contributed by atoms with Crippen LogP contribution in [-0.4, -0.2) is 302 Å². The molecule has 768 valence electrons. The first-order valence-corrected chi connectivity index (χ1v) is 56.7. The number of nitrogens with one attached hydrogen (secondary N) is 8. The number of amidine groups is 8. The zero-order valence-electron chi connectivity index (χ0n) is 79.1. The molecule has 0 spiro atoms. The maximum Gasteiger partial charge on any atom is 0.279 e. The third-order valence-corrected chi connectivity index (χ3v) is 32.8. The standard InChI is InChI=1S/2C12H11N3O2S2.2C12H13N3O2S2.C12H11N3OS2.C12H13N3OS2.C11H8ClN3OS2.C11H10FN3OS2/c1-17-9-4-2-8(3-5-9)10(16)14-12-15-7-6-13-11(15)18-19-12;1-17-9-4-2-3-8(7-9)10(16)14-12-15-6-5-13-11(15)18-19-12;1-17-9-4-2-8(3-5-9)10(16)14-12(19)15-7-6-13-11(15)18;1-17-9-4-2-3-8(7-9)10(16)14-12(19)15-6-5-13-11(15)18;1-8-3-2-4-9(7-8)10(16)14-12-15-6-5-13-11(15)17-18-12;1-8-3-2-4-9(7-8)10(16)14-12(18)15-6-5-13-11(15)17;12-8-3-1-7(2-4-8)9(16)14-11-15-6-5-13-10(15)17-18-11;12-8-3-1-7(2-4-8)9(16)14-11(18)15-6-5-13-10(15)17/h2-5H,6-7H2,1H3;2-4,7H,5-6H2,1H3;2-5H,6-7H2,1H3,(H,13,18)(H,14,16,19);2-4,7H,5-6H2,1H3,(H,13,18)(H,14,16,19);2-4,7H,5-6H2,1H3;2-4,7H,5-6H2,1H3,(H,13,17)(H,14,16,18);1-4H,5-6H2;1-4H,5-6H2,(H,13,17)(H,14,16,18). The van der Waals surface area contributed by atoms with Gasteiger partial charge >= 0.3 is 0 Å². The number of nitrogens with zero attached hydrogens (tertiary/aromatic N) is 16. The molecule has 12 heterocycles.